The first-order valence-electron chi connectivity index (χ1n) is 4.59. The Bertz CT molecular complexity index is 434. The van der Waals surface area contributed by atoms with Crippen LogP contribution in [0.2, 0.25) is 0 Å². The molecule has 0 saturated heterocycles. The molecule has 2 rings (SSSR count). The molecule has 1 aromatic heterocycles. The fourth-order valence-electron chi connectivity index (χ4n) is 1.35. The number of halogens is 1. The third kappa shape index (κ3) is 2.35. The average molecular weight is 286 g/mol. The largest absolute Gasteiger partial charge is 0.481 e. The van der Waals surface area contributed by atoms with Gasteiger partial charge in [-0.3, -0.25) is 9.59 Å². The molecular weight excluding hydrogens is 278 g/mol. The lowest BCUT2D eigenvalue weighted by atomic mass is 10.3. The van der Waals surface area contributed by atoms with Crippen LogP contribution in [-0.4, -0.2) is 27.0 Å². The van der Waals surface area contributed by atoms with Gasteiger partial charge in [0.15, 0.2) is 5.82 Å². The standard InChI is InChI=1S/C9H8BrN3O3/c10-6-2-12-7(3-11-6)13-8(14)4-1-5(4)9(15)16/h2-5H,1H2,(H,15,16)(H,12,13,14). The third-order valence-corrected chi connectivity index (χ3v) is 2.73. The lowest BCUT2D eigenvalue weighted by Gasteiger charge is -2.02. The molecule has 2 atom stereocenters. The molecule has 0 aromatic carbocycles. The summed E-state index contributed by atoms with van der Waals surface area (Å²) >= 11 is 3.12. The normalized spacial score (nSPS) is 22.6. The summed E-state index contributed by atoms with van der Waals surface area (Å²) in [6.07, 6.45) is 3.25. The van der Waals surface area contributed by atoms with Gasteiger partial charge in [-0.2, -0.15) is 0 Å². The molecule has 0 aliphatic heterocycles. The van der Waals surface area contributed by atoms with E-state index >= 15 is 0 Å². The van der Waals surface area contributed by atoms with E-state index in [9.17, 15) is 9.59 Å². The van der Waals surface area contributed by atoms with Crippen molar-refractivity contribution in [2.24, 2.45) is 11.8 Å². The van der Waals surface area contributed by atoms with E-state index in [1.165, 1.54) is 12.4 Å². The quantitative estimate of drug-likeness (QED) is 0.861. The van der Waals surface area contributed by atoms with Gasteiger partial charge in [0.2, 0.25) is 5.91 Å². The maximum absolute atomic E-state index is 11.5. The molecule has 1 saturated carbocycles. The molecule has 6 nitrogen and oxygen atoms in total. The van der Waals surface area contributed by atoms with Crippen molar-refractivity contribution in [3.63, 3.8) is 0 Å². The second kappa shape index (κ2) is 4.17. The van der Waals surface area contributed by atoms with E-state index < -0.39 is 17.8 Å². The first-order valence-corrected chi connectivity index (χ1v) is 5.38. The first-order chi connectivity index (χ1) is 7.58. The monoisotopic (exact) mass is 285 g/mol. The minimum atomic E-state index is -0.929. The lowest BCUT2D eigenvalue weighted by molar-refractivity contribution is -0.139. The van der Waals surface area contributed by atoms with Crippen LogP contribution in [0.25, 0.3) is 0 Å². The summed E-state index contributed by atoms with van der Waals surface area (Å²) in [5.41, 5.74) is 0. The molecule has 1 heterocycles. The van der Waals surface area contributed by atoms with Crippen LogP contribution in [0.3, 0.4) is 0 Å². The second-order valence-corrected chi connectivity index (χ2v) is 4.31. The molecule has 1 aliphatic carbocycles. The summed E-state index contributed by atoms with van der Waals surface area (Å²) in [6.45, 7) is 0. The van der Waals surface area contributed by atoms with E-state index in [1.807, 2.05) is 0 Å². The van der Waals surface area contributed by atoms with Crippen molar-refractivity contribution in [2.75, 3.05) is 5.32 Å². The molecule has 1 aliphatic rings. The highest BCUT2D eigenvalue weighted by Crippen LogP contribution is 2.39. The number of anilines is 1. The summed E-state index contributed by atoms with van der Waals surface area (Å²) in [5.74, 6) is -1.92. The summed E-state index contributed by atoms with van der Waals surface area (Å²) < 4.78 is 0.570. The first kappa shape index (κ1) is 11.0. The van der Waals surface area contributed by atoms with E-state index in [1.54, 1.807) is 0 Å². The van der Waals surface area contributed by atoms with Crippen LogP contribution in [0.4, 0.5) is 5.82 Å². The van der Waals surface area contributed by atoms with Crippen molar-refractivity contribution in [2.45, 2.75) is 6.42 Å². The number of hydrogen-bond donors (Lipinski definition) is 2. The Labute approximate surface area is 99.2 Å². The lowest BCUT2D eigenvalue weighted by Crippen LogP contribution is -2.17. The van der Waals surface area contributed by atoms with E-state index in [0.717, 1.165) is 0 Å². The number of nitrogens with one attached hydrogen (secondary N) is 1. The number of carboxylic acid groups (broad SMARTS) is 1. The molecule has 0 spiro atoms. The van der Waals surface area contributed by atoms with Crippen LogP contribution in [-0.2, 0) is 9.59 Å². The number of aromatic nitrogens is 2. The third-order valence-electron chi connectivity index (χ3n) is 2.32. The summed E-state index contributed by atoms with van der Waals surface area (Å²) in [4.78, 5) is 29.9. The Hall–Kier alpha value is -1.50. The van der Waals surface area contributed by atoms with Crippen molar-refractivity contribution in [3.05, 3.63) is 17.0 Å². The van der Waals surface area contributed by atoms with Gasteiger partial charge in [0.05, 0.1) is 24.2 Å². The zero-order chi connectivity index (χ0) is 11.7. The van der Waals surface area contributed by atoms with E-state index in [-0.39, 0.29) is 5.91 Å². The Morgan fingerprint density at radius 3 is 2.62 bits per heavy atom. The molecule has 0 radical (unpaired) electrons. The number of nitrogens with zero attached hydrogens (tertiary/aromatic N) is 2. The molecule has 1 amide bonds. The number of hydrogen-bond acceptors (Lipinski definition) is 4. The fraction of sp³-hybridized carbons (Fsp3) is 0.333. The molecule has 16 heavy (non-hydrogen) atoms. The van der Waals surface area contributed by atoms with Gasteiger partial charge >= 0.3 is 5.97 Å². The summed E-state index contributed by atoms with van der Waals surface area (Å²) in [7, 11) is 0. The predicted molar refractivity (Wildman–Crippen MR) is 57.6 cm³/mol. The molecule has 1 fully saturated rings. The van der Waals surface area contributed by atoms with Crippen LogP contribution in [0.1, 0.15) is 6.42 Å². The molecular formula is C9H8BrN3O3. The van der Waals surface area contributed by atoms with E-state index in [2.05, 4.69) is 31.2 Å². The van der Waals surface area contributed by atoms with Crippen LogP contribution in [0.15, 0.2) is 17.0 Å². The van der Waals surface area contributed by atoms with Crippen molar-refractivity contribution in [1.29, 1.82) is 0 Å². The van der Waals surface area contributed by atoms with Gasteiger partial charge in [0, 0.05) is 0 Å². The number of amides is 1. The molecule has 84 valence electrons. The molecule has 1 aromatic rings. The SMILES string of the molecule is O=C(O)C1CC1C(=O)Nc1cnc(Br)cn1. The van der Waals surface area contributed by atoms with Crippen molar-refractivity contribution in [3.8, 4) is 0 Å². The maximum Gasteiger partial charge on any atom is 0.307 e. The fourth-order valence-corrected chi connectivity index (χ4v) is 1.56. The topological polar surface area (TPSA) is 92.2 Å². The highest BCUT2D eigenvalue weighted by molar-refractivity contribution is 9.10. The van der Waals surface area contributed by atoms with Gasteiger partial charge in [0.1, 0.15) is 4.60 Å². The minimum absolute atomic E-state index is 0.316. The van der Waals surface area contributed by atoms with Gasteiger partial charge in [-0.15, -0.1) is 0 Å². The average Bonchev–Trinajstić information content (AvgIpc) is 3.01. The zero-order valence-corrected chi connectivity index (χ0v) is 9.64. The van der Waals surface area contributed by atoms with Crippen LogP contribution < -0.4 is 5.32 Å². The number of aliphatic carboxylic acids is 1. The van der Waals surface area contributed by atoms with Crippen molar-refractivity contribution in [1.82, 2.24) is 9.97 Å². The number of carbonyl (C=O) groups is 2. The van der Waals surface area contributed by atoms with E-state index in [0.29, 0.717) is 16.8 Å². The van der Waals surface area contributed by atoms with Gasteiger partial charge in [-0.25, -0.2) is 9.97 Å². The summed E-state index contributed by atoms with van der Waals surface area (Å²) in [6, 6.07) is 0. The Morgan fingerprint density at radius 2 is 2.12 bits per heavy atom. The summed E-state index contributed by atoms with van der Waals surface area (Å²) in [5, 5.41) is 11.2. The molecule has 0 bridgehead atoms. The molecule has 2 unspecified atom stereocenters. The zero-order valence-electron chi connectivity index (χ0n) is 8.05. The Balaban J connectivity index is 1.94. The number of carbonyl (C=O) groups excluding carboxylic acids is 1. The Kier molecular flexibility index (Phi) is 2.86. The molecule has 2 N–H and O–H groups in total. The number of carboxylic acids is 1. The predicted octanol–water partition coefficient (Wildman–Crippen LogP) is 0.898. The smallest absolute Gasteiger partial charge is 0.307 e. The van der Waals surface area contributed by atoms with Gasteiger partial charge in [0.25, 0.3) is 0 Å². The highest BCUT2D eigenvalue weighted by Gasteiger charge is 2.48. The van der Waals surface area contributed by atoms with Crippen molar-refractivity contribution >= 4 is 33.6 Å². The van der Waals surface area contributed by atoms with Crippen LogP contribution in [0.5, 0.6) is 0 Å². The maximum atomic E-state index is 11.5. The van der Waals surface area contributed by atoms with Crippen LogP contribution >= 0.6 is 15.9 Å². The Morgan fingerprint density at radius 1 is 1.38 bits per heavy atom. The van der Waals surface area contributed by atoms with Crippen LogP contribution in [0, 0.1) is 11.8 Å². The highest BCUT2D eigenvalue weighted by atomic mass is 79.9. The van der Waals surface area contributed by atoms with Crippen molar-refractivity contribution < 1.29 is 14.7 Å². The minimum Gasteiger partial charge on any atom is -0.481 e. The second-order valence-electron chi connectivity index (χ2n) is 3.50. The van der Waals surface area contributed by atoms with Gasteiger partial charge in [-0.05, 0) is 22.4 Å². The van der Waals surface area contributed by atoms with E-state index in [4.69, 9.17) is 5.11 Å². The number of rotatable bonds is 3. The van der Waals surface area contributed by atoms with Gasteiger partial charge < -0.3 is 10.4 Å². The van der Waals surface area contributed by atoms with Gasteiger partial charge in [-0.1, -0.05) is 0 Å². The molecule has 7 heteroatoms.